The summed E-state index contributed by atoms with van der Waals surface area (Å²) in [7, 11) is 0. The highest BCUT2D eigenvalue weighted by molar-refractivity contribution is 6.31. The van der Waals surface area contributed by atoms with Gasteiger partial charge in [-0.1, -0.05) is 11.6 Å². The summed E-state index contributed by atoms with van der Waals surface area (Å²) < 4.78 is 1.64. The third-order valence-electron chi connectivity index (χ3n) is 1.87. The molecule has 0 saturated carbocycles. The minimum atomic E-state index is 0.418. The summed E-state index contributed by atoms with van der Waals surface area (Å²) in [6, 6.07) is 3.48. The van der Waals surface area contributed by atoms with Gasteiger partial charge in [0.15, 0.2) is 6.29 Å². The van der Waals surface area contributed by atoms with Gasteiger partial charge in [0.1, 0.15) is 5.69 Å². The van der Waals surface area contributed by atoms with Crippen LogP contribution in [0, 0.1) is 6.92 Å². The number of hydrogen-bond donors (Lipinski definition) is 0. The summed E-state index contributed by atoms with van der Waals surface area (Å²) >= 11 is 5.91. The van der Waals surface area contributed by atoms with E-state index in [-0.39, 0.29) is 0 Å². The third kappa shape index (κ3) is 1.31. The Bertz CT molecular complexity index is 437. The van der Waals surface area contributed by atoms with Crippen molar-refractivity contribution >= 4 is 23.4 Å². The predicted octanol–water partition coefficient (Wildman–Crippen LogP) is 2.11. The van der Waals surface area contributed by atoms with E-state index in [1.54, 1.807) is 22.8 Å². The number of carbonyl (C=O) groups is 1. The van der Waals surface area contributed by atoms with Gasteiger partial charge in [-0.2, -0.15) is 5.10 Å². The van der Waals surface area contributed by atoms with Crippen LogP contribution < -0.4 is 0 Å². The van der Waals surface area contributed by atoms with Crippen LogP contribution >= 0.6 is 11.6 Å². The van der Waals surface area contributed by atoms with Gasteiger partial charge in [0.05, 0.1) is 5.52 Å². The lowest BCUT2D eigenvalue weighted by Crippen LogP contribution is -1.89. The molecule has 0 amide bonds. The Hall–Kier alpha value is -1.35. The summed E-state index contributed by atoms with van der Waals surface area (Å²) in [4.78, 5) is 10.4. The number of aryl methyl sites for hydroxylation is 1. The number of fused-ring (bicyclic) bond motifs is 1. The molecule has 3 nitrogen and oxygen atoms in total. The van der Waals surface area contributed by atoms with Crippen LogP contribution in [-0.2, 0) is 0 Å². The first-order valence-electron chi connectivity index (χ1n) is 3.81. The highest BCUT2D eigenvalue weighted by atomic mass is 35.5. The fraction of sp³-hybridized carbons (Fsp3) is 0.111. The average molecular weight is 195 g/mol. The van der Waals surface area contributed by atoms with Crippen LogP contribution in [-0.4, -0.2) is 15.9 Å². The highest BCUT2D eigenvalue weighted by Gasteiger charge is 2.02. The van der Waals surface area contributed by atoms with E-state index in [1.165, 1.54) is 0 Å². The molecule has 66 valence electrons. The Morgan fingerprint density at radius 3 is 3.00 bits per heavy atom. The second kappa shape index (κ2) is 2.85. The van der Waals surface area contributed by atoms with E-state index in [9.17, 15) is 4.79 Å². The number of hydrogen-bond acceptors (Lipinski definition) is 2. The molecule has 0 aliphatic heterocycles. The zero-order valence-corrected chi connectivity index (χ0v) is 7.75. The summed E-state index contributed by atoms with van der Waals surface area (Å²) in [5.74, 6) is 0. The number of halogens is 1. The van der Waals surface area contributed by atoms with E-state index in [1.807, 2.05) is 6.92 Å². The second-order valence-electron chi connectivity index (χ2n) is 2.86. The van der Waals surface area contributed by atoms with Crippen molar-refractivity contribution in [2.45, 2.75) is 6.92 Å². The zero-order valence-electron chi connectivity index (χ0n) is 6.99. The summed E-state index contributed by atoms with van der Waals surface area (Å²) in [5.41, 5.74) is 2.19. The van der Waals surface area contributed by atoms with Crippen LogP contribution in [0.1, 0.15) is 16.1 Å². The van der Waals surface area contributed by atoms with Crippen LogP contribution in [0.3, 0.4) is 0 Å². The number of pyridine rings is 1. The molecule has 13 heavy (non-hydrogen) atoms. The fourth-order valence-corrected chi connectivity index (χ4v) is 1.35. The first-order chi connectivity index (χ1) is 6.20. The topological polar surface area (TPSA) is 34.4 Å². The summed E-state index contributed by atoms with van der Waals surface area (Å²) in [6.07, 6.45) is 2.51. The maximum Gasteiger partial charge on any atom is 0.170 e. The quantitative estimate of drug-likeness (QED) is 0.652. The van der Waals surface area contributed by atoms with Gasteiger partial charge in [-0.3, -0.25) is 4.79 Å². The van der Waals surface area contributed by atoms with Crippen LogP contribution in [0.25, 0.3) is 5.52 Å². The summed E-state index contributed by atoms with van der Waals surface area (Å²) in [6.45, 7) is 1.89. The monoisotopic (exact) mass is 194 g/mol. The first-order valence-corrected chi connectivity index (χ1v) is 4.19. The number of aromatic nitrogens is 2. The number of carbonyl (C=O) groups excluding carboxylic acids is 1. The van der Waals surface area contributed by atoms with E-state index in [0.717, 1.165) is 17.4 Å². The smallest absolute Gasteiger partial charge is 0.170 e. The lowest BCUT2D eigenvalue weighted by atomic mass is 10.3. The van der Waals surface area contributed by atoms with Gasteiger partial charge in [0.25, 0.3) is 0 Å². The lowest BCUT2D eigenvalue weighted by Gasteiger charge is -1.97. The average Bonchev–Trinajstić information content (AvgIpc) is 2.48. The fourth-order valence-electron chi connectivity index (χ4n) is 1.19. The molecular weight excluding hydrogens is 188 g/mol. The molecule has 0 aromatic carbocycles. The molecule has 0 fully saturated rings. The molecule has 2 rings (SSSR count). The van der Waals surface area contributed by atoms with Gasteiger partial charge in [0.2, 0.25) is 0 Å². The molecule has 2 heterocycles. The van der Waals surface area contributed by atoms with E-state index in [2.05, 4.69) is 5.10 Å². The molecule has 0 saturated heterocycles. The van der Waals surface area contributed by atoms with Crippen LogP contribution in [0.2, 0.25) is 5.02 Å². The molecule has 0 unspecified atom stereocenters. The van der Waals surface area contributed by atoms with Crippen molar-refractivity contribution in [3.8, 4) is 0 Å². The molecule has 0 aliphatic carbocycles. The highest BCUT2D eigenvalue weighted by Crippen LogP contribution is 2.17. The normalized spacial score (nSPS) is 10.6. The number of rotatable bonds is 1. The third-order valence-corrected chi connectivity index (χ3v) is 2.28. The minimum Gasteiger partial charge on any atom is -0.296 e. The lowest BCUT2D eigenvalue weighted by molar-refractivity contribution is 0.111. The van der Waals surface area contributed by atoms with Crippen molar-refractivity contribution in [2.75, 3.05) is 0 Å². The van der Waals surface area contributed by atoms with E-state index in [4.69, 9.17) is 11.6 Å². The van der Waals surface area contributed by atoms with Crippen LogP contribution in [0.4, 0.5) is 0 Å². The Morgan fingerprint density at radius 2 is 2.31 bits per heavy atom. The molecule has 0 bridgehead atoms. The van der Waals surface area contributed by atoms with Crippen molar-refractivity contribution < 1.29 is 4.79 Å². The molecule has 2 aromatic rings. The van der Waals surface area contributed by atoms with Gasteiger partial charge in [-0.05, 0) is 24.6 Å². The second-order valence-corrected chi connectivity index (χ2v) is 3.27. The Balaban J connectivity index is 2.77. The molecule has 0 radical (unpaired) electrons. The summed E-state index contributed by atoms with van der Waals surface area (Å²) in [5, 5.41) is 4.71. The van der Waals surface area contributed by atoms with Crippen molar-refractivity contribution in [3.05, 3.63) is 34.6 Å². The van der Waals surface area contributed by atoms with E-state index >= 15 is 0 Å². The Kier molecular flexibility index (Phi) is 1.81. The van der Waals surface area contributed by atoms with Gasteiger partial charge in [0, 0.05) is 11.2 Å². The maximum atomic E-state index is 10.4. The van der Waals surface area contributed by atoms with Gasteiger partial charge in [-0.25, -0.2) is 4.52 Å². The molecule has 4 heteroatoms. The predicted molar refractivity (Wildman–Crippen MR) is 50.3 cm³/mol. The van der Waals surface area contributed by atoms with Crippen molar-refractivity contribution in [1.29, 1.82) is 0 Å². The SMILES string of the molecule is Cc1cn2nc(C=O)cc2cc1Cl. The Morgan fingerprint density at radius 1 is 1.54 bits per heavy atom. The molecule has 0 aliphatic rings. The molecule has 0 N–H and O–H groups in total. The van der Waals surface area contributed by atoms with Crippen molar-refractivity contribution in [3.63, 3.8) is 0 Å². The number of nitrogens with zero attached hydrogens (tertiary/aromatic N) is 2. The van der Waals surface area contributed by atoms with Crippen LogP contribution in [0.15, 0.2) is 18.3 Å². The van der Waals surface area contributed by atoms with E-state index < -0.39 is 0 Å². The van der Waals surface area contributed by atoms with Gasteiger partial charge < -0.3 is 0 Å². The first kappa shape index (κ1) is 8.26. The molecule has 2 aromatic heterocycles. The maximum absolute atomic E-state index is 10.4. The van der Waals surface area contributed by atoms with Gasteiger partial charge >= 0.3 is 0 Å². The van der Waals surface area contributed by atoms with Crippen LogP contribution in [0.5, 0.6) is 0 Å². The standard InChI is InChI=1S/C9H7ClN2O/c1-6-4-12-8(3-9(6)10)2-7(5-13)11-12/h2-5H,1H3. The molecule has 0 atom stereocenters. The number of aldehydes is 1. The molecular formula is C9H7ClN2O. The zero-order chi connectivity index (χ0) is 9.42. The molecule has 0 spiro atoms. The van der Waals surface area contributed by atoms with Crippen molar-refractivity contribution in [2.24, 2.45) is 0 Å². The van der Waals surface area contributed by atoms with Gasteiger partial charge in [-0.15, -0.1) is 0 Å². The Labute approximate surface area is 79.9 Å². The van der Waals surface area contributed by atoms with Crippen molar-refractivity contribution in [1.82, 2.24) is 9.61 Å². The largest absolute Gasteiger partial charge is 0.296 e. The minimum absolute atomic E-state index is 0.418. The van der Waals surface area contributed by atoms with E-state index in [0.29, 0.717) is 10.7 Å².